The quantitative estimate of drug-likeness (QED) is 0.182. The molecule has 1 spiro atoms. The number of hydrogen-bond acceptors (Lipinski definition) is 7. The summed E-state index contributed by atoms with van der Waals surface area (Å²) in [6.07, 6.45) is 6.81. The number of nitrogens with one attached hydrogen (secondary N) is 3. The van der Waals surface area contributed by atoms with Crippen molar-refractivity contribution in [2.45, 2.75) is 50.1 Å². The number of carbonyl (C=O) groups excluding carboxylic acids is 1. The number of ether oxygens (including phenoxy) is 3. The molecular formula is C37H38N6O4. The van der Waals surface area contributed by atoms with Gasteiger partial charge in [-0.2, -0.15) is 0 Å². The van der Waals surface area contributed by atoms with E-state index in [9.17, 15) is 4.79 Å². The first-order valence-corrected chi connectivity index (χ1v) is 16.4. The fourth-order valence-corrected chi connectivity index (χ4v) is 6.94. The largest absolute Gasteiger partial charge is 0.444 e. The zero-order valence-electron chi connectivity index (χ0n) is 26.2. The molecule has 3 saturated heterocycles. The van der Waals surface area contributed by atoms with Crippen molar-refractivity contribution in [3.8, 4) is 33.6 Å². The summed E-state index contributed by atoms with van der Waals surface area (Å²) in [7, 11) is 0. The summed E-state index contributed by atoms with van der Waals surface area (Å²) in [6, 6.07) is 26.6. The van der Waals surface area contributed by atoms with E-state index < -0.39 is 17.9 Å². The van der Waals surface area contributed by atoms with Crippen molar-refractivity contribution in [3.05, 3.63) is 108 Å². The van der Waals surface area contributed by atoms with Crippen LogP contribution in [0, 0.1) is 0 Å². The van der Waals surface area contributed by atoms with E-state index >= 15 is 0 Å². The van der Waals surface area contributed by atoms with Gasteiger partial charge in [0.1, 0.15) is 24.3 Å². The lowest BCUT2D eigenvalue weighted by Crippen LogP contribution is -2.52. The maximum absolute atomic E-state index is 13.6. The average Bonchev–Trinajstić information content (AvgIpc) is 3.96. The molecule has 3 aliphatic heterocycles. The van der Waals surface area contributed by atoms with Gasteiger partial charge in [-0.1, -0.05) is 78.9 Å². The minimum atomic E-state index is -0.770. The van der Waals surface area contributed by atoms with Crippen LogP contribution in [0.5, 0.6) is 0 Å². The lowest BCUT2D eigenvalue weighted by atomic mass is 10.0. The third-order valence-electron chi connectivity index (χ3n) is 9.56. The van der Waals surface area contributed by atoms with Crippen LogP contribution in [0.25, 0.3) is 33.6 Å². The third kappa shape index (κ3) is 5.95. The molecule has 3 aromatic carbocycles. The second kappa shape index (κ2) is 12.8. The molecule has 3 N–H and O–H groups in total. The smallest absolute Gasteiger partial charge is 0.413 e. The summed E-state index contributed by atoms with van der Waals surface area (Å²) in [5, 5.41) is 3.50. The Hall–Kier alpha value is -4.77. The van der Waals surface area contributed by atoms with Crippen molar-refractivity contribution in [2.75, 3.05) is 26.4 Å². The number of amides is 1. The number of aromatic amines is 2. The number of rotatable bonds is 7. The molecule has 0 saturated carbocycles. The SMILES string of the molecule is O=C(OCc1ccccc1)N1C(c2ncc(-c3ccc(-c4ccc(-c5cnc(C6CCCN6)[nH]5)cc4)cc3)[nH]2)COC12CCOCC2. The van der Waals surface area contributed by atoms with Gasteiger partial charge in [-0.3, -0.25) is 4.90 Å². The molecular weight excluding hydrogens is 592 g/mol. The molecule has 47 heavy (non-hydrogen) atoms. The maximum Gasteiger partial charge on any atom is 0.413 e. The topological polar surface area (TPSA) is 117 Å². The number of aromatic nitrogens is 4. The molecule has 2 aromatic heterocycles. The zero-order valence-corrected chi connectivity index (χ0v) is 26.2. The van der Waals surface area contributed by atoms with Gasteiger partial charge in [-0.05, 0) is 47.2 Å². The molecule has 3 aliphatic rings. The number of H-pyrrole nitrogens is 2. The van der Waals surface area contributed by atoms with Gasteiger partial charge in [0.05, 0.1) is 49.6 Å². The Morgan fingerprint density at radius 2 is 1.45 bits per heavy atom. The first-order valence-electron chi connectivity index (χ1n) is 16.4. The first-order chi connectivity index (χ1) is 23.1. The van der Waals surface area contributed by atoms with E-state index in [1.165, 1.54) is 6.42 Å². The van der Waals surface area contributed by atoms with Gasteiger partial charge in [0, 0.05) is 12.8 Å². The van der Waals surface area contributed by atoms with Gasteiger partial charge >= 0.3 is 6.09 Å². The normalized spacial score (nSPS) is 20.6. The van der Waals surface area contributed by atoms with Gasteiger partial charge in [0.25, 0.3) is 0 Å². The lowest BCUT2D eigenvalue weighted by molar-refractivity contribution is -0.137. The summed E-state index contributed by atoms with van der Waals surface area (Å²) >= 11 is 0. The highest BCUT2D eigenvalue weighted by Gasteiger charge is 2.53. The number of carbonyl (C=O) groups is 1. The Balaban J connectivity index is 0.971. The molecule has 10 nitrogen and oxygen atoms in total. The Morgan fingerprint density at radius 3 is 2.09 bits per heavy atom. The van der Waals surface area contributed by atoms with Crippen LogP contribution in [-0.2, 0) is 20.8 Å². The highest BCUT2D eigenvalue weighted by molar-refractivity contribution is 5.72. The molecule has 0 aliphatic carbocycles. The highest BCUT2D eigenvalue weighted by Crippen LogP contribution is 2.43. The Bertz CT molecular complexity index is 1810. The van der Waals surface area contributed by atoms with E-state index in [2.05, 4.69) is 68.8 Å². The molecule has 10 heteroatoms. The van der Waals surface area contributed by atoms with Gasteiger partial charge in [-0.15, -0.1) is 0 Å². The number of nitrogens with zero attached hydrogens (tertiary/aromatic N) is 3. The molecule has 240 valence electrons. The van der Waals surface area contributed by atoms with Gasteiger partial charge in [0.15, 0.2) is 5.72 Å². The maximum atomic E-state index is 13.6. The third-order valence-corrected chi connectivity index (χ3v) is 9.56. The molecule has 2 atom stereocenters. The van der Waals surface area contributed by atoms with Crippen molar-refractivity contribution in [2.24, 2.45) is 0 Å². The van der Waals surface area contributed by atoms with Crippen molar-refractivity contribution in [1.29, 1.82) is 0 Å². The molecule has 5 aromatic rings. The fourth-order valence-electron chi connectivity index (χ4n) is 6.94. The summed E-state index contributed by atoms with van der Waals surface area (Å²) in [6.45, 7) is 2.62. The van der Waals surface area contributed by atoms with Gasteiger partial charge in [0.2, 0.25) is 0 Å². The molecule has 8 rings (SSSR count). The fraction of sp³-hybridized carbons (Fsp3) is 0.324. The van der Waals surface area contributed by atoms with E-state index in [1.807, 2.05) is 42.7 Å². The minimum Gasteiger partial charge on any atom is -0.444 e. The van der Waals surface area contributed by atoms with Crippen molar-refractivity contribution in [1.82, 2.24) is 30.2 Å². The predicted octanol–water partition coefficient (Wildman–Crippen LogP) is 6.78. The number of imidazole rings is 2. The zero-order chi connectivity index (χ0) is 31.6. The standard InChI is InChI=1S/C37H38N6O4/c44-36(46-23-25-5-2-1-3-6-25)43-33(24-47-37(43)16-19-45-20-17-37)35-40-22-32(42-35)29-14-10-27(11-15-29)26-8-12-28(13-9-26)31-21-39-34(41-31)30-7-4-18-38-30/h1-3,5-6,8-15,21-22,30,33,38H,4,7,16-20,23-24H2,(H,39,41)(H,40,42). The van der Waals surface area contributed by atoms with E-state index in [-0.39, 0.29) is 6.61 Å². The van der Waals surface area contributed by atoms with E-state index in [0.717, 1.165) is 58.0 Å². The van der Waals surface area contributed by atoms with Crippen LogP contribution in [0.3, 0.4) is 0 Å². The van der Waals surface area contributed by atoms with Crippen molar-refractivity contribution >= 4 is 6.09 Å². The second-order valence-electron chi connectivity index (χ2n) is 12.5. The van der Waals surface area contributed by atoms with E-state index in [1.54, 1.807) is 4.90 Å². The number of hydrogen-bond donors (Lipinski definition) is 3. The summed E-state index contributed by atoms with van der Waals surface area (Å²) in [5.74, 6) is 1.68. The first kappa shape index (κ1) is 29.6. The monoisotopic (exact) mass is 630 g/mol. The van der Waals surface area contributed by atoms with E-state index in [4.69, 9.17) is 19.2 Å². The lowest BCUT2D eigenvalue weighted by Gasteiger charge is -2.40. The van der Waals surface area contributed by atoms with Crippen molar-refractivity contribution in [3.63, 3.8) is 0 Å². The molecule has 1 amide bonds. The average molecular weight is 631 g/mol. The van der Waals surface area contributed by atoms with Gasteiger partial charge < -0.3 is 29.5 Å². The highest BCUT2D eigenvalue weighted by atomic mass is 16.6. The Kier molecular flexibility index (Phi) is 8.06. The van der Waals surface area contributed by atoms with Crippen molar-refractivity contribution < 1.29 is 19.0 Å². The summed E-state index contributed by atoms with van der Waals surface area (Å²) in [5.41, 5.74) is 6.45. The Morgan fingerprint density at radius 1 is 0.830 bits per heavy atom. The molecule has 5 heterocycles. The summed E-state index contributed by atoms with van der Waals surface area (Å²) < 4.78 is 17.8. The number of benzene rings is 3. The molecule has 0 radical (unpaired) electrons. The van der Waals surface area contributed by atoms with Crippen LogP contribution < -0.4 is 5.32 Å². The van der Waals surface area contributed by atoms with Crippen LogP contribution in [0.2, 0.25) is 0 Å². The minimum absolute atomic E-state index is 0.191. The van der Waals surface area contributed by atoms with E-state index in [0.29, 0.717) is 44.5 Å². The van der Waals surface area contributed by atoms with Crippen LogP contribution in [0.15, 0.2) is 91.3 Å². The second-order valence-corrected chi connectivity index (χ2v) is 12.5. The predicted molar refractivity (Wildman–Crippen MR) is 177 cm³/mol. The van der Waals surface area contributed by atoms with Crippen LogP contribution in [0.1, 0.15) is 55.0 Å². The molecule has 0 bridgehead atoms. The molecule has 3 fully saturated rings. The Labute approximate surface area is 273 Å². The van der Waals surface area contributed by atoms with Gasteiger partial charge in [-0.25, -0.2) is 14.8 Å². The summed E-state index contributed by atoms with van der Waals surface area (Å²) in [4.78, 5) is 31.7. The van der Waals surface area contributed by atoms with Crippen LogP contribution in [-0.4, -0.2) is 63.0 Å². The van der Waals surface area contributed by atoms with Crippen LogP contribution in [0.4, 0.5) is 4.79 Å². The van der Waals surface area contributed by atoms with Crippen LogP contribution >= 0.6 is 0 Å². The molecule has 2 unspecified atom stereocenters.